The zero-order chi connectivity index (χ0) is 23.9. The van der Waals surface area contributed by atoms with Crippen LogP contribution in [0.1, 0.15) is 33.3 Å². The SMILES string of the molecule is CCOC(=O)[C@]1([C@H]2C=C[C@@H](O)[C@@H](CO[Si](C)(C)C(C)(C)C)O2)C(=O)N(C)c2ccccc21. The van der Waals surface area contributed by atoms with Gasteiger partial charge in [-0.2, -0.15) is 0 Å². The van der Waals surface area contributed by atoms with Gasteiger partial charge < -0.3 is 23.9 Å². The average molecular weight is 462 g/mol. The highest BCUT2D eigenvalue weighted by Gasteiger charge is 2.62. The zero-order valence-electron chi connectivity index (χ0n) is 20.0. The normalized spacial score (nSPS) is 28.1. The van der Waals surface area contributed by atoms with Crippen molar-refractivity contribution in [1.29, 1.82) is 0 Å². The van der Waals surface area contributed by atoms with E-state index in [1.807, 2.05) is 6.07 Å². The third kappa shape index (κ3) is 3.94. The van der Waals surface area contributed by atoms with Gasteiger partial charge in [-0.15, -0.1) is 0 Å². The van der Waals surface area contributed by atoms with E-state index in [0.717, 1.165) is 0 Å². The van der Waals surface area contributed by atoms with Crippen LogP contribution in [0.3, 0.4) is 0 Å². The minimum absolute atomic E-state index is 0.00289. The highest BCUT2D eigenvalue weighted by atomic mass is 28.4. The quantitative estimate of drug-likeness (QED) is 0.303. The maximum atomic E-state index is 13.6. The molecule has 1 aromatic carbocycles. The van der Waals surface area contributed by atoms with Crippen molar-refractivity contribution in [3.05, 3.63) is 42.0 Å². The molecule has 0 unspecified atom stereocenters. The number of benzene rings is 1. The molecule has 2 aliphatic rings. The Labute approximate surface area is 191 Å². The molecule has 0 spiro atoms. The van der Waals surface area contributed by atoms with Gasteiger partial charge in [0.2, 0.25) is 5.41 Å². The van der Waals surface area contributed by atoms with Crippen LogP contribution in [0.4, 0.5) is 5.69 Å². The molecule has 0 aromatic heterocycles. The van der Waals surface area contributed by atoms with Crippen LogP contribution in [0.2, 0.25) is 18.1 Å². The second-order valence-electron chi connectivity index (χ2n) is 9.95. The molecular formula is C24H35NO6Si. The first-order valence-electron chi connectivity index (χ1n) is 11.1. The number of nitrogens with zero attached hydrogens (tertiary/aromatic N) is 1. The summed E-state index contributed by atoms with van der Waals surface area (Å²) in [6.45, 7) is 12.7. The Bertz CT molecular complexity index is 908. The Morgan fingerprint density at radius 3 is 2.53 bits per heavy atom. The molecule has 1 N–H and O–H groups in total. The number of aliphatic hydroxyl groups excluding tert-OH is 1. The first-order valence-corrected chi connectivity index (χ1v) is 14.0. The van der Waals surface area contributed by atoms with E-state index in [1.54, 1.807) is 44.3 Å². The van der Waals surface area contributed by atoms with E-state index in [4.69, 9.17) is 13.9 Å². The highest BCUT2D eigenvalue weighted by Crippen LogP contribution is 2.47. The van der Waals surface area contributed by atoms with Crippen LogP contribution in [0.5, 0.6) is 0 Å². The lowest BCUT2D eigenvalue weighted by Gasteiger charge is -2.41. The second kappa shape index (κ2) is 8.74. The predicted molar refractivity (Wildman–Crippen MR) is 125 cm³/mol. The maximum absolute atomic E-state index is 13.6. The number of rotatable bonds is 6. The molecule has 32 heavy (non-hydrogen) atoms. The van der Waals surface area contributed by atoms with E-state index >= 15 is 0 Å². The van der Waals surface area contributed by atoms with Gasteiger partial charge in [-0.1, -0.05) is 51.1 Å². The molecule has 3 rings (SSSR count). The molecule has 1 aromatic rings. The number of esters is 1. The van der Waals surface area contributed by atoms with Crippen molar-refractivity contribution < 1.29 is 28.6 Å². The Kier molecular flexibility index (Phi) is 6.73. The molecule has 2 aliphatic heterocycles. The number of fused-ring (bicyclic) bond motifs is 1. The number of carbonyl (C=O) groups is 2. The van der Waals surface area contributed by atoms with E-state index in [1.165, 1.54) is 4.90 Å². The number of aliphatic hydroxyl groups is 1. The van der Waals surface area contributed by atoms with Crippen molar-refractivity contribution in [2.24, 2.45) is 0 Å². The molecule has 0 saturated carbocycles. The number of para-hydroxylation sites is 1. The van der Waals surface area contributed by atoms with Gasteiger partial charge in [-0.25, -0.2) is 0 Å². The molecule has 176 valence electrons. The van der Waals surface area contributed by atoms with Gasteiger partial charge >= 0.3 is 5.97 Å². The number of ether oxygens (including phenoxy) is 2. The number of likely N-dealkylation sites (N-methyl/N-ethyl adjacent to an activating group) is 1. The van der Waals surface area contributed by atoms with Gasteiger partial charge in [0.05, 0.1) is 13.2 Å². The van der Waals surface area contributed by atoms with E-state index < -0.39 is 43.9 Å². The maximum Gasteiger partial charge on any atom is 0.329 e. The van der Waals surface area contributed by atoms with Crippen LogP contribution >= 0.6 is 0 Å². The monoisotopic (exact) mass is 461 g/mol. The third-order valence-corrected chi connectivity index (χ3v) is 11.5. The lowest BCUT2D eigenvalue weighted by atomic mass is 9.75. The van der Waals surface area contributed by atoms with E-state index in [0.29, 0.717) is 11.3 Å². The lowest BCUT2D eigenvalue weighted by molar-refractivity contribution is -0.166. The Morgan fingerprint density at radius 2 is 1.91 bits per heavy atom. The molecule has 0 radical (unpaired) electrons. The van der Waals surface area contributed by atoms with Gasteiger partial charge in [0, 0.05) is 18.3 Å². The van der Waals surface area contributed by atoms with E-state index in [9.17, 15) is 14.7 Å². The van der Waals surface area contributed by atoms with Gasteiger partial charge in [0.15, 0.2) is 8.32 Å². The smallest absolute Gasteiger partial charge is 0.329 e. The Hall–Kier alpha value is -2.00. The van der Waals surface area contributed by atoms with Crippen molar-refractivity contribution in [2.45, 2.75) is 69.6 Å². The topological polar surface area (TPSA) is 85.3 Å². The van der Waals surface area contributed by atoms with Gasteiger partial charge in [-0.05, 0) is 31.1 Å². The molecule has 7 nitrogen and oxygen atoms in total. The van der Waals surface area contributed by atoms with Crippen molar-refractivity contribution >= 4 is 25.9 Å². The summed E-state index contributed by atoms with van der Waals surface area (Å²) in [5.41, 5.74) is -0.489. The molecule has 1 amide bonds. The van der Waals surface area contributed by atoms with Crippen LogP contribution in [0.25, 0.3) is 0 Å². The first-order chi connectivity index (χ1) is 14.9. The van der Waals surface area contributed by atoms with Crippen LogP contribution < -0.4 is 4.90 Å². The average Bonchev–Trinajstić information content (AvgIpc) is 2.95. The number of amides is 1. The molecule has 0 aliphatic carbocycles. The fourth-order valence-corrected chi connectivity index (χ4v) is 4.98. The van der Waals surface area contributed by atoms with Gasteiger partial charge in [0.1, 0.15) is 18.3 Å². The number of hydrogen-bond acceptors (Lipinski definition) is 6. The van der Waals surface area contributed by atoms with E-state index in [2.05, 4.69) is 33.9 Å². The van der Waals surface area contributed by atoms with Crippen molar-refractivity contribution in [3.63, 3.8) is 0 Å². The summed E-state index contributed by atoms with van der Waals surface area (Å²) in [4.78, 5) is 28.4. The number of anilines is 1. The minimum Gasteiger partial charge on any atom is -0.465 e. The Morgan fingerprint density at radius 1 is 1.25 bits per heavy atom. The molecule has 2 heterocycles. The largest absolute Gasteiger partial charge is 0.465 e. The van der Waals surface area contributed by atoms with Crippen LogP contribution in [-0.4, -0.2) is 63.9 Å². The van der Waals surface area contributed by atoms with Crippen molar-refractivity contribution in [1.82, 2.24) is 0 Å². The van der Waals surface area contributed by atoms with Crippen molar-refractivity contribution in [2.75, 3.05) is 25.2 Å². The summed E-state index contributed by atoms with van der Waals surface area (Å²) in [6.07, 6.45) is 0.633. The summed E-state index contributed by atoms with van der Waals surface area (Å²) >= 11 is 0. The van der Waals surface area contributed by atoms with Gasteiger partial charge in [-0.3, -0.25) is 9.59 Å². The highest BCUT2D eigenvalue weighted by molar-refractivity contribution is 6.74. The Balaban J connectivity index is 1.98. The summed E-state index contributed by atoms with van der Waals surface area (Å²) in [6, 6.07) is 7.17. The molecule has 8 heteroatoms. The minimum atomic E-state index is -2.09. The first kappa shape index (κ1) is 24.6. The van der Waals surface area contributed by atoms with Crippen LogP contribution in [0, 0.1) is 0 Å². The summed E-state index contributed by atoms with van der Waals surface area (Å²) in [5, 5.41) is 10.6. The summed E-state index contributed by atoms with van der Waals surface area (Å²) in [7, 11) is -0.449. The molecule has 0 saturated heterocycles. The van der Waals surface area contributed by atoms with Crippen molar-refractivity contribution in [3.8, 4) is 0 Å². The standard InChI is InChI=1S/C24H35NO6Si/c1-8-29-22(28)24(16-11-9-10-12-17(16)25(5)21(24)27)20-14-13-18(26)19(31-20)15-30-32(6,7)23(2,3)4/h9-14,18-20,26H,8,15H2,1-7H3/t18-,19-,20-,24-/m1/s1. The molecular weight excluding hydrogens is 426 g/mol. The van der Waals surface area contributed by atoms with Crippen LogP contribution in [0.15, 0.2) is 36.4 Å². The van der Waals surface area contributed by atoms with Gasteiger partial charge in [0.25, 0.3) is 5.91 Å². The fraction of sp³-hybridized carbons (Fsp3) is 0.583. The van der Waals surface area contributed by atoms with E-state index in [-0.39, 0.29) is 18.3 Å². The summed E-state index contributed by atoms with van der Waals surface area (Å²) < 4.78 is 17.9. The fourth-order valence-electron chi connectivity index (χ4n) is 3.97. The molecule has 4 atom stereocenters. The third-order valence-electron chi connectivity index (χ3n) is 6.96. The summed E-state index contributed by atoms with van der Waals surface area (Å²) in [5.74, 6) is -1.07. The zero-order valence-corrected chi connectivity index (χ0v) is 21.0. The predicted octanol–water partition coefficient (Wildman–Crippen LogP) is 3.17. The number of carbonyl (C=O) groups excluding carboxylic acids is 2. The second-order valence-corrected chi connectivity index (χ2v) is 14.8. The molecule has 0 bridgehead atoms. The molecule has 0 fully saturated rings. The lowest BCUT2D eigenvalue weighted by Crippen LogP contribution is -2.58. The van der Waals surface area contributed by atoms with Crippen LogP contribution in [-0.2, 0) is 28.9 Å². The number of hydrogen-bond donors (Lipinski definition) is 1.